The van der Waals surface area contributed by atoms with Crippen LogP contribution in [0.1, 0.15) is 29.7 Å². The molecule has 0 aromatic carbocycles. The van der Waals surface area contributed by atoms with Gasteiger partial charge < -0.3 is 9.84 Å². The third-order valence-corrected chi connectivity index (χ3v) is 4.00. The highest BCUT2D eigenvalue weighted by atomic mass is 79.9. The number of hydrogen-bond donors (Lipinski definition) is 1. The molecule has 0 aliphatic carbocycles. The molecule has 0 saturated carbocycles. The summed E-state index contributed by atoms with van der Waals surface area (Å²) in [4.78, 5) is 12.0. The maximum absolute atomic E-state index is 10.9. The summed E-state index contributed by atoms with van der Waals surface area (Å²) in [5.74, 6) is -0.922. The number of carbonyl (C=O) groups is 1. The summed E-state index contributed by atoms with van der Waals surface area (Å²) in [5.41, 5.74) is 0. The minimum absolute atomic E-state index is 0.214. The maximum Gasteiger partial charge on any atom is 0.345 e. The monoisotopic (exact) mass is 318 g/mol. The standard InChI is InChI=1S/C10H11BrN2O3S/c1-3-16-5(2)13-9-6(8(11)12-13)4-7(17-9)10(14)15/h4-5H,3H2,1-2H3,(H,14,15). The van der Waals surface area contributed by atoms with Crippen molar-refractivity contribution in [1.82, 2.24) is 9.78 Å². The third-order valence-electron chi connectivity index (χ3n) is 2.30. The highest BCUT2D eigenvalue weighted by Crippen LogP contribution is 2.33. The molecule has 1 unspecified atom stereocenters. The van der Waals surface area contributed by atoms with E-state index in [4.69, 9.17) is 9.84 Å². The van der Waals surface area contributed by atoms with Crippen LogP contribution >= 0.6 is 27.3 Å². The number of halogens is 1. The van der Waals surface area contributed by atoms with Gasteiger partial charge in [0, 0.05) is 12.0 Å². The second-order valence-corrected chi connectivity index (χ2v) is 5.21. The van der Waals surface area contributed by atoms with Crippen molar-refractivity contribution in [2.75, 3.05) is 6.61 Å². The number of rotatable bonds is 4. The van der Waals surface area contributed by atoms with Crippen LogP contribution in [0.4, 0.5) is 0 Å². The zero-order chi connectivity index (χ0) is 12.6. The molecule has 5 nitrogen and oxygen atoms in total. The van der Waals surface area contributed by atoms with Gasteiger partial charge in [0.05, 0.1) is 0 Å². The van der Waals surface area contributed by atoms with Gasteiger partial charge in [-0.1, -0.05) is 0 Å². The Kier molecular flexibility index (Phi) is 3.50. The van der Waals surface area contributed by atoms with Crippen LogP contribution < -0.4 is 0 Å². The van der Waals surface area contributed by atoms with Crippen molar-refractivity contribution in [2.24, 2.45) is 0 Å². The molecule has 2 aromatic rings. The number of carboxylic acid groups (broad SMARTS) is 1. The molecular weight excluding hydrogens is 308 g/mol. The number of aromatic carboxylic acids is 1. The average Bonchev–Trinajstić information content (AvgIpc) is 2.80. The van der Waals surface area contributed by atoms with Crippen LogP contribution in [0.2, 0.25) is 0 Å². The molecule has 0 fully saturated rings. The molecule has 1 atom stereocenters. The predicted molar refractivity (Wildman–Crippen MR) is 68.6 cm³/mol. The van der Waals surface area contributed by atoms with Crippen LogP contribution in [-0.2, 0) is 4.74 Å². The Morgan fingerprint density at radius 1 is 1.76 bits per heavy atom. The third kappa shape index (κ3) is 2.22. The van der Waals surface area contributed by atoms with Crippen molar-refractivity contribution >= 4 is 43.5 Å². The van der Waals surface area contributed by atoms with Gasteiger partial charge >= 0.3 is 5.97 Å². The van der Waals surface area contributed by atoms with Crippen molar-refractivity contribution < 1.29 is 14.6 Å². The smallest absolute Gasteiger partial charge is 0.345 e. The second kappa shape index (κ2) is 4.75. The number of ether oxygens (including phenoxy) is 1. The van der Waals surface area contributed by atoms with Crippen molar-refractivity contribution in [2.45, 2.75) is 20.1 Å². The molecule has 92 valence electrons. The summed E-state index contributed by atoms with van der Waals surface area (Å²) in [5, 5.41) is 14.1. The van der Waals surface area contributed by atoms with Gasteiger partial charge in [0.2, 0.25) is 0 Å². The molecule has 2 rings (SSSR count). The number of nitrogens with zero attached hydrogens (tertiary/aromatic N) is 2. The molecule has 0 radical (unpaired) electrons. The Labute approximate surface area is 110 Å². The van der Waals surface area contributed by atoms with Gasteiger partial charge in [-0.25, -0.2) is 9.48 Å². The van der Waals surface area contributed by atoms with Gasteiger partial charge in [0.15, 0.2) is 0 Å². The quantitative estimate of drug-likeness (QED) is 0.940. The van der Waals surface area contributed by atoms with Crippen LogP contribution in [-0.4, -0.2) is 27.5 Å². The lowest BCUT2D eigenvalue weighted by Gasteiger charge is -2.11. The largest absolute Gasteiger partial charge is 0.477 e. The van der Waals surface area contributed by atoms with E-state index < -0.39 is 5.97 Å². The first-order valence-electron chi connectivity index (χ1n) is 5.07. The van der Waals surface area contributed by atoms with Gasteiger partial charge in [0.25, 0.3) is 0 Å². The van der Waals surface area contributed by atoms with Crippen LogP contribution in [0.5, 0.6) is 0 Å². The lowest BCUT2D eigenvalue weighted by Crippen LogP contribution is -2.10. The summed E-state index contributed by atoms with van der Waals surface area (Å²) in [6.07, 6.45) is -0.214. The highest BCUT2D eigenvalue weighted by molar-refractivity contribution is 9.10. The minimum Gasteiger partial charge on any atom is -0.477 e. The Morgan fingerprint density at radius 2 is 2.47 bits per heavy atom. The molecule has 0 aliphatic heterocycles. The van der Waals surface area contributed by atoms with E-state index in [1.807, 2.05) is 13.8 Å². The lowest BCUT2D eigenvalue weighted by molar-refractivity contribution is 0.0193. The van der Waals surface area contributed by atoms with Crippen molar-refractivity contribution in [3.63, 3.8) is 0 Å². The van der Waals surface area contributed by atoms with Crippen LogP contribution in [0.25, 0.3) is 10.2 Å². The van der Waals surface area contributed by atoms with Crippen molar-refractivity contribution in [3.8, 4) is 0 Å². The molecule has 1 N–H and O–H groups in total. The Morgan fingerprint density at radius 3 is 3.06 bits per heavy atom. The first kappa shape index (κ1) is 12.5. The summed E-state index contributed by atoms with van der Waals surface area (Å²) in [6.45, 7) is 4.36. The summed E-state index contributed by atoms with van der Waals surface area (Å²) < 4.78 is 7.79. The molecule has 17 heavy (non-hydrogen) atoms. The van der Waals surface area contributed by atoms with E-state index >= 15 is 0 Å². The minimum atomic E-state index is -0.922. The first-order chi connectivity index (χ1) is 8.04. The topological polar surface area (TPSA) is 64.4 Å². The number of aromatic nitrogens is 2. The summed E-state index contributed by atoms with van der Waals surface area (Å²) in [7, 11) is 0. The fourth-order valence-corrected chi connectivity index (χ4v) is 3.18. The first-order valence-corrected chi connectivity index (χ1v) is 6.68. The zero-order valence-electron chi connectivity index (χ0n) is 9.31. The summed E-state index contributed by atoms with van der Waals surface area (Å²) in [6, 6.07) is 1.62. The van der Waals surface area contributed by atoms with Crippen LogP contribution in [0, 0.1) is 0 Å². The molecule has 7 heteroatoms. The molecular formula is C10H11BrN2O3S. The number of hydrogen-bond acceptors (Lipinski definition) is 4. The lowest BCUT2D eigenvalue weighted by atomic mass is 10.4. The van der Waals surface area contributed by atoms with Crippen LogP contribution in [0.15, 0.2) is 10.7 Å². The molecule has 0 amide bonds. The second-order valence-electron chi connectivity index (χ2n) is 3.42. The number of thiophene rings is 1. The number of fused-ring (bicyclic) bond motifs is 1. The maximum atomic E-state index is 10.9. The molecule has 2 aromatic heterocycles. The Balaban J connectivity index is 2.53. The molecule has 0 spiro atoms. The molecule has 0 aliphatic rings. The van der Waals surface area contributed by atoms with Crippen molar-refractivity contribution in [3.05, 3.63) is 15.5 Å². The molecule has 0 saturated heterocycles. The van der Waals surface area contributed by atoms with E-state index in [0.29, 0.717) is 16.1 Å². The molecule has 2 heterocycles. The Bertz CT molecular complexity index is 563. The van der Waals surface area contributed by atoms with Gasteiger partial charge in [-0.3, -0.25) is 0 Å². The predicted octanol–water partition coefficient (Wildman–Crippen LogP) is 3.11. The van der Waals surface area contributed by atoms with Gasteiger partial charge in [0.1, 0.15) is 20.5 Å². The SMILES string of the molecule is CCOC(C)n1nc(Br)c2cc(C(=O)O)sc21. The van der Waals surface area contributed by atoms with Gasteiger partial charge in [-0.05, 0) is 35.8 Å². The van der Waals surface area contributed by atoms with E-state index in [1.54, 1.807) is 10.7 Å². The van der Waals surface area contributed by atoms with Crippen LogP contribution in [0.3, 0.4) is 0 Å². The van der Waals surface area contributed by atoms with E-state index in [9.17, 15) is 4.79 Å². The number of carboxylic acids is 1. The highest BCUT2D eigenvalue weighted by Gasteiger charge is 2.19. The van der Waals surface area contributed by atoms with Gasteiger partial charge in [-0.15, -0.1) is 11.3 Å². The van der Waals surface area contributed by atoms with Gasteiger partial charge in [-0.2, -0.15) is 5.10 Å². The normalized spacial score (nSPS) is 13.1. The van der Waals surface area contributed by atoms with E-state index in [1.165, 1.54) is 11.3 Å². The fourth-order valence-electron chi connectivity index (χ4n) is 1.56. The van der Waals surface area contributed by atoms with E-state index in [0.717, 1.165) is 10.2 Å². The Hall–Kier alpha value is -0.920. The van der Waals surface area contributed by atoms with E-state index in [-0.39, 0.29) is 6.23 Å². The fraction of sp³-hybridized carbons (Fsp3) is 0.400. The summed E-state index contributed by atoms with van der Waals surface area (Å²) >= 11 is 4.52. The zero-order valence-corrected chi connectivity index (χ0v) is 11.7. The van der Waals surface area contributed by atoms with E-state index in [2.05, 4.69) is 21.0 Å². The van der Waals surface area contributed by atoms with Crippen molar-refractivity contribution in [1.29, 1.82) is 0 Å². The average molecular weight is 319 g/mol. The molecule has 0 bridgehead atoms.